The number of hydrogen-bond acceptors (Lipinski definition) is 4. The van der Waals surface area contributed by atoms with Crippen LogP contribution in [0.2, 0.25) is 0 Å². The van der Waals surface area contributed by atoms with Gasteiger partial charge < -0.3 is 15.6 Å². The summed E-state index contributed by atoms with van der Waals surface area (Å²) in [4.78, 5) is 14.5. The highest BCUT2D eigenvalue weighted by atomic mass is 19.2. The van der Waals surface area contributed by atoms with Crippen molar-refractivity contribution in [1.29, 1.82) is 0 Å². The summed E-state index contributed by atoms with van der Waals surface area (Å²) in [5.41, 5.74) is 5.04. The van der Waals surface area contributed by atoms with E-state index in [0.29, 0.717) is 0 Å². The number of carbonyl (C=O) groups is 1. The molecule has 1 aromatic carbocycles. The standard InChI is InChI=1S/C12H8F2N2O3/c13-7-2-1-3-8(9(7)14)19-11-10(15)6(12(17)18)4-5-16-11/h1-5H,15H2,(H,17,18). The van der Waals surface area contributed by atoms with Gasteiger partial charge in [-0.1, -0.05) is 6.07 Å². The summed E-state index contributed by atoms with van der Waals surface area (Å²) in [5, 5.41) is 8.86. The fraction of sp³-hybridized carbons (Fsp3) is 0. The Labute approximate surface area is 106 Å². The predicted molar refractivity (Wildman–Crippen MR) is 62.0 cm³/mol. The second-order valence-corrected chi connectivity index (χ2v) is 3.54. The van der Waals surface area contributed by atoms with Crippen molar-refractivity contribution in [2.24, 2.45) is 0 Å². The van der Waals surface area contributed by atoms with Crippen LogP contribution in [0.15, 0.2) is 30.5 Å². The van der Waals surface area contributed by atoms with Gasteiger partial charge in [0.2, 0.25) is 11.7 Å². The van der Waals surface area contributed by atoms with Crippen LogP contribution >= 0.6 is 0 Å². The molecule has 0 unspecified atom stereocenters. The third-order valence-electron chi connectivity index (χ3n) is 2.31. The maximum Gasteiger partial charge on any atom is 0.338 e. The van der Waals surface area contributed by atoms with E-state index in [4.69, 9.17) is 15.6 Å². The highest BCUT2D eigenvalue weighted by molar-refractivity contribution is 5.94. The molecule has 7 heteroatoms. The summed E-state index contributed by atoms with van der Waals surface area (Å²) >= 11 is 0. The van der Waals surface area contributed by atoms with Crippen LogP contribution in [0.3, 0.4) is 0 Å². The molecule has 0 aliphatic heterocycles. The maximum absolute atomic E-state index is 13.4. The minimum absolute atomic E-state index is 0.234. The number of halogens is 2. The number of carboxylic acid groups (broad SMARTS) is 1. The van der Waals surface area contributed by atoms with E-state index in [-0.39, 0.29) is 17.1 Å². The van der Waals surface area contributed by atoms with Gasteiger partial charge in [0.1, 0.15) is 5.69 Å². The number of benzene rings is 1. The van der Waals surface area contributed by atoms with Gasteiger partial charge in [-0.3, -0.25) is 0 Å². The number of hydrogen-bond donors (Lipinski definition) is 2. The lowest BCUT2D eigenvalue weighted by Gasteiger charge is -2.09. The van der Waals surface area contributed by atoms with E-state index in [2.05, 4.69) is 4.98 Å². The van der Waals surface area contributed by atoms with Crippen molar-refractivity contribution in [3.63, 3.8) is 0 Å². The fourth-order valence-electron chi connectivity index (χ4n) is 1.39. The zero-order chi connectivity index (χ0) is 14.0. The number of aromatic carboxylic acids is 1. The number of ether oxygens (including phenoxy) is 1. The van der Waals surface area contributed by atoms with Crippen LogP contribution in [0.5, 0.6) is 11.6 Å². The van der Waals surface area contributed by atoms with E-state index >= 15 is 0 Å². The molecule has 0 saturated heterocycles. The molecule has 0 aliphatic carbocycles. The number of carboxylic acids is 1. The van der Waals surface area contributed by atoms with E-state index in [0.717, 1.165) is 12.3 Å². The molecule has 0 aliphatic rings. The molecule has 19 heavy (non-hydrogen) atoms. The average molecular weight is 266 g/mol. The summed E-state index contributed by atoms with van der Waals surface area (Å²) in [7, 11) is 0. The zero-order valence-corrected chi connectivity index (χ0v) is 9.43. The zero-order valence-electron chi connectivity index (χ0n) is 9.43. The van der Waals surface area contributed by atoms with E-state index in [1.807, 2.05) is 0 Å². The number of nitrogen functional groups attached to an aromatic ring is 1. The van der Waals surface area contributed by atoms with Gasteiger partial charge in [0, 0.05) is 6.20 Å². The lowest BCUT2D eigenvalue weighted by atomic mass is 10.2. The Morgan fingerprint density at radius 2 is 2.05 bits per heavy atom. The molecule has 0 amide bonds. The number of pyridine rings is 1. The Morgan fingerprint density at radius 1 is 1.32 bits per heavy atom. The van der Waals surface area contributed by atoms with Crippen molar-refractivity contribution in [3.8, 4) is 11.6 Å². The van der Waals surface area contributed by atoms with Crippen molar-refractivity contribution in [2.45, 2.75) is 0 Å². The molecular formula is C12H8F2N2O3. The summed E-state index contributed by atoms with van der Waals surface area (Å²) in [6.45, 7) is 0. The first-order valence-electron chi connectivity index (χ1n) is 5.10. The molecule has 0 radical (unpaired) electrons. The van der Waals surface area contributed by atoms with Crippen molar-refractivity contribution in [1.82, 2.24) is 4.98 Å². The SMILES string of the molecule is Nc1c(C(=O)O)ccnc1Oc1cccc(F)c1F. The molecule has 1 heterocycles. The molecule has 2 aromatic rings. The van der Waals surface area contributed by atoms with Gasteiger partial charge in [-0.15, -0.1) is 0 Å². The van der Waals surface area contributed by atoms with Crippen molar-refractivity contribution in [2.75, 3.05) is 5.73 Å². The fourth-order valence-corrected chi connectivity index (χ4v) is 1.39. The molecule has 98 valence electrons. The molecule has 0 atom stereocenters. The van der Waals surface area contributed by atoms with Crippen LogP contribution in [0.25, 0.3) is 0 Å². The molecule has 0 spiro atoms. The normalized spacial score (nSPS) is 10.2. The molecule has 5 nitrogen and oxygen atoms in total. The number of nitrogens with two attached hydrogens (primary N) is 1. The summed E-state index contributed by atoms with van der Waals surface area (Å²) in [6, 6.07) is 4.51. The third-order valence-corrected chi connectivity index (χ3v) is 2.31. The quantitative estimate of drug-likeness (QED) is 0.891. The van der Waals surface area contributed by atoms with Crippen LogP contribution in [0.1, 0.15) is 10.4 Å². The minimum atomic E-state index is -1.27. The first-order valence-corrected chi connectivity index (χ1v) is 5.10. The van der Waals surface area contributed by atoms with Crippen LogP contribution in [-0.2, 0) is 0 Å². The number of rotatable bonds is 3. The topological polar surface area (TPSA) is 85.4 Å². The van der Waals surface area contributed by atoms with E-state index in [9.17, 15) is 13.6 Å². The molecule has 3 N–H and O–H groups in total. The van der Waals surface area contributed by atoms with Crippen LogP contribution in [0, 0.1) is 11.6 Å². The van der Waals surface area contributed by atoms with Gasteiger partial charge in [0.25, 0.3) is 0 Å². The molecule has 2 rings (SSSR count). The summed E-state index contributed by atoms with van der Waals surface area (Å²) in [6.07, 6.45) is 1.15. The molecule has 1 aromatic heterocycles. The minimum Gasteiger partial charge on any atom is -0.478 e. The van der Waals surface area contributed by atoms with Crippen molar-refractivity contribution >= 4 is 11.7 Å². The molecule has 0 saturated carbocycles. The maximum atomic E-state index is 13.4. The van der Waals surface area contributed by atoms with Crippen molar-refractivity contribution in [3.05, 3.63) is 47.7 Å². The first-order chi connectivity index (χ1) is 9.00. The summed E-state index contributed by atoms with van der Waals surface area (Å²) < 4.78 is 31.4. The van der Waals surface area contributed by atoms with E-state index < -0.39 is 23.4 Å². The molecule has 0 bridgehead atoms. The van der Waals surface area contributed by atoms with E-state index in [1.54, 1.807) is 0 Å². The second-order valence-electron chi connectivity index (χ2n) is 3.54. The van der Waals surface area contributed by atoms with Crippen LogP contribution in [0.4, 0.5) is 14.5 Å². The van der Waals surface area contributed by atoms with Gasteiger partial charge in [-0.2, -0.15) is 4.39 Å². The number of nitrogens with zero attached hydrogens (tertiary/aromatic N) is 1. The van der Waals surface area contributed by atoms with Crippen LogP contribution < -0.4 is 10.5 Å². The van der Waals surface area contributed by atoms with Gasteiger partial charge in [-0.05, 0) is 18.2 Å². The molecular weight excluding hydrogens is 258 g/mol. The Bertz CT molecular complexity index is 647. The average Bonchev–Trinajstić information content (AvgIpc) is 2.37. The smallest absolute Gasteiger partial charge is 0.338 e. The highest BCUT2D eigenvalue weighted by Gasteiger charge is 2.16. The predicted octanol–water partition coefficient (Wildman–Crippen LogP) is 2.43. The van der Waals surface area contributed by atoms with Gasteiger partial charge in [-0.25, -0.2) is 14.2 Å². The van der Waals surface area contributed by atoms with Gasteiger partial charge >= 0.3 is 5.97 Å². The number of aromatic nitrogens is 1. The Balaban J connectivity index is 2.42. The summed E-state index contributed by atoms with van der Waals surface area (Å²) in [5.74, 6) is -4.30. The van der Waals surface area contributed by atoms with Crippen molar-refractivity contribution < 1.29 is 23.4 Å². The Morgan fingerprint density at radius 3 is 2.74 bits per heavy atom. The monoisotopic (exact) mass is 266 g/mol. The molecule has 0 fully saturated rings. The first kappa shape index (κ1) is 12.7. The van der Waals surface area contributed by atoms with Gasteiger partial charge in [0.15, 0.2) is 11.6 Å². The van der Waals surface area contributed by atoms with Gasteiger partial charge in [0.05, 0.1) is 5.56 Å². The Hall–Kier alpha value is -2.70. The highest BCUT2D eigenvalue weighted by Crippen LogP contribution is 2.29. The lowest BCUT2D eigenvalue weighted by molar-refractivity contribution is 0.0697. The Kier molecular flexibility index (Phi) is 3.28. The number of anilines is 1. The van der Waals surface area contributed by atoms with Crippen LogP contribution in [-0.4, -0.2) is 16.1 Å². The third kappa shape index (κ3) is 2.44. The second kappa shape index (κ2) is 4.89. The largest absolute Gasteiger partial charge is 0.478 e. The van der Waals surface area contributed by atoms with E-state index in [1.165, 1.54) is 18.2 Å². The lowest BCUT2D eigenvalue weighted by Crippen LogP contribution is -2.05.